The number of pyridine rings is 1. The molecule has 0 bridgehead atoms. The Kier molecular flexibility index (Phi) is 18.6. The molecule has 0 saturated heterocycles. The predicted molar refractivity (Wildman–Crippen MR) is 179 cm³/mol. The van der Waals surface area contributed by atoms with Gasteiger partial charge in [0.1, 0.15) is 24.2 Å². The van der Waals surface area contributed by atoms with E-state index in [9.17, 15) is 34.3 Å². The van der Waals surface area contributed by atoms with E-state index in [4.69, 9.17) is 0 Å². The maximum atomic E-state index is 13.6. The minimum atomic E-state index is -1.02. The third-order valence-corrected chi connectivity index (χ3v) is 7.87. The van der Waals surface area contributed by atoms with E-state index in [0.29, 0.717) is 37.0 Å². The van der Waals surface area contributed by atoms with Crippen LogP contribution in [0.1, 0.15) is 91.4 Å². The van der Waals surface area contributed by atoms with Gasteiger partial charge in [0.05, 0.1) is 12.2 Å². The molecular formula is C33H57N7O7. The first-order valence-electron chi connectivity index (χ1n) is 16.7. The Bertz CT molecular complexity index is 1150. The van der Waals surface area contributed by atoms with Crippen molar-refractivity contribution in [2.75, 3.05) is 19.7 Å². The summed E-state index contributed by atoms with van der Waals surface area (Å²) in [5, 5.41) is 38.4. The van der Waals surface area contributed by atoms with E-state index < -0.39 is 60.4 Å². The van der Waals surface area contributed by atoms with Crippen molar-refractivity contribution >= 4 is 29.5 Å². The van der Waals surface area contributed by atoms with Crippen molar-refractivity contribution in [3.8, 4) is 0 Å². The highest BCUT2D eigenvalue weighted by Gasteiger charge is 2.32. The van der Waals surface area contributed by atoms with Crippen LogP contribution in [0.3, 0.4) is 0 Å². The summed E-state index contributed by atoms with van der Waals surface area (Å²) in [5.41, 5.74) is 0.226. The molecule has 0 fully saturated rings. The summed E-state index contributed by atoms with van der Waals surface area (Å²) in [4.78, 5) is 65.4. The molecular weight excluding hydrogens is 606 g/mol. The van der Waals surface area contributed by atoms with E-state index >= 15 is 0 Å². The number of nitrogens with one attached hydrogen (secondary N) is 6. The molecule has 0 spiro atoms. The molecule has 266 valence electrons. The van der Waals surface area contributed by atoms with Gasteiger partial charge < -0.3 is 42.2 Å². The zero-order valence-electron chi connectivity index (χ0n) is 29.2. The van der Waals surface area contributed by atoms with Gasteiger partial charge in [-0.25, -0.2) is 0 Å². The Morgan fingerprint density at radius 3 is 1.94 bits per heavy atom. The molecule has 1 aromatic rings. The molecule has 1 aromatic heterocycles. The summed E-state index contributed by atoms with van der Waals surface area (Å²) < 4.78 is 0.557. The first kappa shape index (κ1) is 41.2. The average molecular weight is 664 g/mol. The molecule has 0 radical (unpaired) electrons. The molecule has 5 amide bonds. The number of aromatic nitrogens is 1. The Labute approximate surface area is 279 Å². The first-order chi connectivity index (χ1) is 22.2. The third kappa shape index (κ3) is 14.3. The Balaban J connectivity index is 3.03. The third-order valence-electron chi connectivity index (χ3n) is 7.87. The maximum absolute atomic E-state index is 13.6. The molecule has 1 heterocycles. The lowest BCUT2D eigenvalue weighted by molar-refractivity contribution is -0.605. The molecule has 47 heavy (non-hydrogen) atoms. The highest BCUT2D eigenvalue weighted by Crippen LogP contribution is 2.12. The number of aliphatic hydroxyl groups excluding tert-OH is 1. The first-order valence-corrected chi connectivity index (χ1v) is 16.7. The Hall–Kier alpha value is -3.78. The minimum Gasteiger partial charge on any atom is -0.619 e. The minimum absolute atomic E-state index is 0.148. The predicted octanol–water partition coefficient (Wildman–Crippen LogP) is 0.508. The second-order valence-electron chi connectivity index (χ2n) is 12.7. The van der Waals surface area contributed by atoms with Gasteiger partial charge >= 0.3 is 0 Å². The van der Waals surface area contributed by atoms with E-state index in [-0.39, 0.29) is 35.8 Å². The summed E-state index contributed by atoms with van der Waals surface area (Å²) in [6.45, 7) is 15.0. The molecule has 14 nitrogen and oxygen atoms in total. The SMILES string of the molecule is CCC[C@H](NC(=O)[C@@H](NC(=O)c1cc[n+]([O-])cc1)[C@@H](C)CC)C(=O)N[C@H](CN[C@@H](CO)C(=O)N[C@H](C(=O)NCC)C(C)C)CC(C)C. The lowest BCUT2D eigenvalue weighted by atomic mass is 9.97. The highest BCUT2D eigenvalue weighted by molar-refractivity contribution is 5.98. The fourth-order valence-electron chi connectivity index (χ4n) is 4.97. The van der Waals surface area contributed by atoms with Crippen LogP contribution in [0.15, 0.2) is 24.5 Å². The summed E-state index contributed by atoms with van der Waals surface area (Å²) in [6, 6.07) is -1.33. The van der Waals surface area contributed by atoms with Crippen LogP contribution in [0.25, 0.3) is 0 Å². The molecule has 7 N–H and O–H groups in total. The van der Waals surface area contributed by atoms with Gasteiger partial charge in [0.2, 0.25) is 23.6 Å². The number of hydrogen-bond donors (Lipinski definition) is 7. The van der Waals surface area contributed by atoms with Gasteiger partial charge in [-0.1, -0.05) is 61.3 Å². The van der Waals surface area contributed by atoms with Crippen LogP contribution in [-0.2, 0) is 19.2 Å². The van der Waals surface area contributed by atoms with Crippen LogP contribution in [0.2, 0.25) is 0 Å². The lowest BCUT2D eigenvalue weighted by Gasteiger charge is -2.29. The molecule has 0 saturated carbocycles. The molecule has 6 atom stereocenters. The average Bonchev–Trinajstić information content (AvgIpc) is 3.01. The smallest absolute Gasteiger partial charge is 0.252 e. The molecule has 0 unspecified atom stereocenters. The van der Waals surface area contributed by atoms with Crippen LogP contribution in [0.4, 0.5) is 0 Å². The quantitative estimate of drug-likeness (QED) is 0.0727. The van der Waals surface area contributed by atoms with Crippen molar-refractivity contribution in [1.82, 2.24) is 31.9 Å². The van der Waals surface area contributed by atoms with Gasteiger partial charge in [-0.3, -0.25) is 24.0 Å². The number of likely N-dealkylation sites (N-methyl/N-ethyl adjacent to an activating group) is 1. The molecule has 0 aliphatic rings. The van der Waals surface area contributed by atoms with Crippen molar-refractivity contribution in [1.29, 1.82) is 0 Å². The number of hydrogen-bond acceptors (Lipinski definition) is 8. The van der Waals surface area contributed by atoms with Gasteiger partial charge in [0.25, 0.3) is 5.91 Å². The largest absolute Gasteiger partial charge is 0.619 e. The van der Waals surface area contributed by atoms with Crippen molar-refractivity contribution < 1.29 is 33.8 Å². The number of amides is 5. The number of carbonyl (C=O) groups is 5. The fourth-order valence-corrected chi connectivity index (χ4v) is 4.97. The number of aliphatic hydroxyl groups is 1. The van der Waals surface area contributed by atoms with Crippen molar-refractivity contribution in [3.63, 3.8) is 0 Å². The second kappa shape index (κ2) is 21.2. The fraction of sp³-hybridized carbons (Fsp3) is 0.697. The van der Waals surface area contributed by atoms with E-state index in [2.05, 4.69) is 31.9 Å². The van der Waals surface area contributed by atoms with Crippen LogP contribution in [0.5, 0.6) is 0 Å². The monoisotopic (exact) mass is 663 g/mol. The maximum Gasteiger partial charge on any atom is 0.252 e. The number of nitrogens with zero attached hydrogens (tertiary/aromatic N) is 1. The lowest BCUT2D eigenvalue weighted by Crippen LogP contribution is -2.59. The normalized spacial score (nSPS) is 15.1. The molecule has 0 aliphatic carbocycles. The van der Waals surface area contributed by atoms with Gasteiger partial charge in [-0.05, 0) is 37.5 Å². The van der Waals surface area contributed by atoms with E-state index in [1.54, 1.807) is 6.92 Å². The van der Waals surface area contributed by atoms with Crippen molar-refractivity contribution in [3.05, 3.63) is 35.3 Å². The van der Waals surface area contributed by atoms with Gasteiger partial charge in [0.15, 0.2) is 12.4 Å². The van der Waals surface area contributed by atoms with Crippen LogP contribution in [-0.4, -0.2) is 84.5 Å². The van der Waals surface area contributed by atoms with E-state index in [1.807, 2.05) is 48.5 Å². The Morgan fingerprint density at radius 1 is 0.809 bits per heavy atom. The Morgan fingerprint density at radius 2 is 1.43 bits per heavy atom. The van der Waals surface area contributed by atoms with Gasteiger partial charge in [0, 0.05) is 31.3 Å². The topological polar surface area (TPSA) is 205 Å². The zero-order valence-corrected chi connectivity index (χ0v) is 29.2. The van der Waals surface area contributed by atoms with Gasteiger partial charge in [-0.15, -0.1) is 0 Å². The second-order valence-corrected chi connectivity index (χ2v) is 12.7. The summed E-state index contributed by atoms with van der Waals surface area (Å²) in [5.74, 6) is -2.53. The summed E-state index contributed by atoms with van der Waals surface area (Å²) in [6.07, 6.45) is 4.47. The van der Waals surface area contributed by atoms with Crippen LogP contribution in [0, 0.1) is 23.0 Å². The highest BCUT2D eigenvalue weighted by atomic mass is 16.5. The zero-order chi connectivity index (χ0) is 35.7. The number of rotatable bonds is 21. The molecule has 0 aliphatic heterocycles. The van der Waals surface area contributed by atoms with Gasteiger partial charge in [-0.2, -0.15) is 4.73 Å². The molecule has 0 aromatic carbocycles. The van der Waals surface area contributed by atoms with Crippen molar-refractivity contribution in [2.45, 2.75) is 111 Å². The van der Waals surface area contributed by atoms with Crippen LogP contribution >= 0.6 is 0 Å². The standard InChI is InChI=1S/C33H57N7O7/c1-9-12-25(37-33(46)28(22(8)10-2)39-29(42)23-13-15-40(47)16-14-23)30(43)36-24(17-20(4)5)18-35-26(19-41)31(44)38-27(21(6)7)32(45)34-11-3/h13-16,20-22,24-28,35,41H,9-12,17-19H2,1-8H3,(H,34,45)(H,36,43)(H,37,46)(H,38,44)(H,39,42)/t22-,24-,25-,26-,27-,28-/m0/s1. The summed E-state index contributed by atoms with van der Waals surface area (Å²) >= 11 is 0. The molecule has 14 heteroatoms. The van der Waals surface area contributed by atoms with Crippen molar-refractivity contribution in [2.24, 2.45) is 17.8 Å². The van der Waals surface area contributed by atoms with Crippen LogP contribution < -0.4 is 36.6 Å². The number of carbonyl (C=O) groups excluding carboxylic acids is 5. The molecule has 1 rings (SSSR count). The van der Waals surface area contributed by atoms with E-state index in [1.165, 1.54) is 24.5 Å². The summed E-state index contributed by atoms with van der Waals surface area (Å²) in [7, 11) is 0. The van der Waals surface area contributed by atoms with E-state index in [0.717, 1.165) is 0 Å².